The molecule has 0 radical (unpaired) electrons. The van der Waals surface area contributed by atoms with E-state index in [9.17, 15) is 0 Å². The highest BCUT2D eigenvalue weighted by molar-refractivity contribution is 4.87. The van der Waals surface area contributed by atoms with Gasteiger partial charge in [0.1, 0.15) is 0 Å². The molecular weight excluding hydrogens is 222 g/mol. The molecule has 1 saturated heterocycles. The SMILES string of the molecule is CCNC(CN1CCN(C)C(CC)C1)C(C)(C)C. The molecule has 1 aliphatic heterocycles. The Morgan fingerprint density at radius 3 is 2.39 bits per heavy atom. The van der Waals surface area contributed by atoms with Gasteiger partial charge in [0.25, 0.3) is 0 Å². The van der Waals surface area contributed by atoms with Gasteiger partial charge in [-0.1, -0.05) is 34.6 Å². The van der Waals surface area contributed by atoms with Crippen LogP contribution in [0, 0.1) is 5.41 Å². The number of likely N-dealkylation sites (N-methyl/N-ethyl adjacent to an activating group) is 2. The van der Waals surface area contributed by atoms with Crippen molar-refractivity contribution in [3.8, 4) is 0 Å². The number of rotatable bonds is 5. The van der Waals surface area contributed by atoms with E-state index in [1.54, 1.807) is 0 Å². The van der Waals surface area contributed by atoms with E-state index in [-0.39, 0.29) is 0 Å². The lowest BCUT2D eigenvalue weighted by Crippen LogP contribution is -2.56. The summed E-state index contributed by atoms with van der Waals surface area (Å²) in [6.45, 7) is 17.4. The number of piperazine rings is 1. The number of nitrogens with one attached hydrogen (secondary N) is 1. The molecule has 3 heteroatoms. The second-order valence-electron chi connectivity index (χ2n) is 6.78. The highest BCUT2D eigenvalue weighted by Gasteiger charge is 2.29. The Morgan fingerprint density at radius 1 is 1.22 bits per heavy atom. The summed E-state index contributed by atoms with van der Waals surface area (Å²) in [5.41, 5.74) is 0.334. The van der Waals surface area contributed by atoms with Crippen LogP contribution in [-0.2, 0) is 0 Å². The molecule has 0 aromatic carbocycles. The summed E-state index contributed by atoms with van der Waals surface area (Å²) in [6.07, 6.45) is 1.26. The lowest BCUT2D eigenvalue weighted by Gasteiger charge is -2.42. The normalized spacial score (nSPS) is 25.3. The Kier molecular flexibility index (Phi) is 6.09. The van der Waals surface area contributed by atoms with Crippen molar-refractivity contribution in [2.45, 2.75) is 53.1 Å². The fraction of sp³-hybridized carbons (Fsp3) is 1.00. The van der Waals surface area contributed by atoms with Crippen molar-refractivity contribution in [1.29, 1.82) is 0 Å². The summed E-state index contributed by atoms with van der Waals surface area (Å²) in [6, 6.07) is 1.32. The molecule has 108 valence electrons. The maximum absolute atomic E-state index is 3.66. The third kappa shape index (κ3) is 4.52. The van der Waals surface area contributed by atoms with Crippen molar-refractivity contribution in [3.05, 3.63) is 0 Å². The number of nitrogens with zero attached hydrogens (tertiary/aromatic N) is 2. The predicted molar refractivity (Wildman–Crippen MR) is 80.1 cm³/mol. The zero-order valence-corrected chi connectivity index (χ0v) is 13.3. The van der Waals surface area contributed by atoms with Crippen molar-refractivity contribution < 1.29 is 0 Å². The Morgan fingerprint density at radius 2 is 1.89 bits per heavy atom. The molecule has 0 spiro atoms. The fourth-order valence-corrected chi connectivity index (χ4v) is 2.77. The molecule has 0 aromatic heterocycles. The summed E-state index contributed by atoms with van der Waals surface area (Å²) in [5.74, 6) is 0. The van der Waals surface area contributed by atoms with Gasteiger partial charge in [-0.2, -0.15) is 0 Å². The van der Waals surface area contributed by atoms with Crippen LogP contribution in [0.4, 0.5) is 0 Å². The van der Waals surface area contributed by atoms with E-state index >= 15 is 0 Å². The third-order valence-corrected chi connectivity index (χ3v) is 4.27. The first-order valence-electron chi connectivity index (χ1n) is 7.54. The molecular formula is C15H33N3. The summed E-state index contributed by atoms with van der Waals surface area (Å²) < 4.78 is 0. The maximum atomic E-state index is 3.66. The fourth-order valence-electron chi connectivity index (χ4n) is 2.77. The zero-order valence-electron chi connectivity index (χ0n) is 13.3. The molecule has 1 fully saturated rings. The average molecular weight is 255 g/mol. The summed E-state index contributed by atoms with van der Waals surface area (Å²) >= 11 is 0. The molecule has 0 bridgehead atoms. The van der Waals surface area contributed by atoms with Gasteiger partial charge in [-0.25, -0.2) is 0 Å². The van der Waals surface area contributed by atoms with Crippen molar-refractivity contribution in [2.24, 2.45) is 5.41 Å². The Bertz CT molecular complexity index is 234. The van der Waals surface area contributed by atoms with Crippen LogP contribution in [0.15, 0.2) is 0 Å². The maximum Gasteiger partial charge on any atom is 0.0243 e. The van der Waals surface area contributed by atoms with E-state index in [0.29, 0.717) is 11.5 Å². The van der Waals surface area contributed by atoms with Crippen molar-refractivity contribution in [3.63, 3.8) is 0 Å². The van der Waals surface area contributed by atoms with Crippen molar-refractivity contribution >= 4 is 0 Å². The van der Waals surface area contributed by atoms with E-state index in [2.05, 4.69) is 56.8 Å². The van der Waals surface area contributed by atoms with Gasteiger partial charge >= 0.3 is 0 Å². The molecule has 3 nitrogen and oxygen atoms in total. The minimum absolute atomic E-state index is 0.334. The van der Waals surface area contributed by atoms with Gasteiger partial charge in [0, 0.05) is 38.3 Å². The first-order valence-corrected chi connectivity index (χ1v) is 7.54. The lowest BCUT2D eigenvalue weighted by molar-refractivity contribution is 0.0722. The standard InChI is InChI=1S/C15H33N3/c1-7-13-11-18(10-9-17(13)6)12-14(16-8-2)15(3,4)5/h13-14,16H,7-12H2,1-6H3. The quantitative estimate of drug-likeness (QED) is 0.811. The second kappa shape index (κ2) is 6.88. The Hall–Kier alpha value is -0.120. The molecule has 1 aliphatic rings. The summed E-state index contributed by atoms with van der Waals surface area (Å²) in [4.78, 5) is 5.16. The molecule has 1 N–H and O–H groups in total. The van der Waals surface area contributed by atoms with Crippen LogP contribution in [0.3, 0.4) is 0 Å². The first-order chi connectivity index (χ1) is 8.38. The van der Waals surface area contributed by atoms with Crippen molar-refractivity contribution in [1.82, 2.24) is 15.1 Å². The van der Waals surface area contributed by atoms with Gasteiger partial charge in [-0.05, 0) is 25.4 Å². The van der Waals surface area contributed by atoms with Gasteiger partial charge < -0.3 is 10.2 Å². The minimum atomic E-state index is 0.334. The molecule has 0 saturated carbocycles. The van der Waals surface area contributed by atoms with Gasteiger partial charge in [0.15, 0.2) is 0 Å². The van der Waals surface area contributed by atoms with Crippen LogP contribution in [0.2, 0.25) is 0 Å². The summed E-state index contributed by atoms with van der Waals surface area (Å²) in [7, 11) is 2.26. The molecule has 0 aromatic rings. The van der Waals surface area contributed by atoms with E-state index in [1.165, 1.54) is 32.6 Å². The van der Waals surface area contributed by atoms with Crippen molar-refractivity contribution in [2.75, 3.05) is 39.8 Å². The van der Waals surface area contributed by atoms with Crippen LogP contribution in [0.5, 0.6) is 0 Å². The molecule has 18 heavy (non-hydrogen) atoms. The smallest absolute Gasteiger partial charge is 0.0243 e. The largest absolute Gasteiger partial charge is 0.312 e. The summed E-state index contributed by atoms with van der Waals surface area (Å²) in [5, 5.41) is 3.66. The van der Waals surface area contributed by atoms with Gasteiger partial charge in [0.2, 0.25) is 0 Å². The molecule has 0 amide bonds. The van der Waals surface area contributed by atoms with Crippen LogP contribution >= 0.6 is 0 Å². The van der Waals surface area contributed by atoms with Gasteiger partial charge in [-0.3, -0.25) is 4.90 Å². The van der Waals surface area contributed by atoms with E-state index in [1.807, 2.05) is 0 Å². The number of hydrogen-bond donors (Lipinski definition) is 1. The van der Waals surface area contributed by atoms with E-state index in [4.69, 9.17) is 0 Å². The van der Waals surface area contributed by atoms with Crippen LogP contribution in [-0.4, -0.2) is 61.7 Å². The van der Waals surface area contributed by atoms with E-state index < -0.39 is 0 Å². The molecule has 2 unspecified atom stereocenters. The minimum Gasteiger partial charge on any atom is -0.312 e. The van der Waals surface area contributed by atoms with Crippen LogP contribution in [0.1, 0.15) is 41.0 Å². The Labute approximate surface area is 114 Å². The highest BCUT2D eigenvalue weighted by Crippen LogP contribution is 2.21. The third-order valence-electron chi connectivity index (χ3n) is 4.27. The van der Waals surface area contributed by atoms with Gasteiger partial charge in [0.05, 0.1) is 0 Å². The molecule has 1 rings (SSSR count). The second-order valence-corrected chi connectivity index (χ2v) is 6.78. The zero-order chi connectivity index (χ0) is 13.8. The monoisotopic (exact) mass is 255 g/mol. The predicted octanol–water partition coefficient (Wildman–Crippen LogP) is 2.04. The molecule has 1 heterocycles. The molecule has 0 aliphatic carbocycles. The molecule has 2 atom stereocenters. The van der Waals surface area contributed by atoms with Gasteiger partial charge in [-0.15, -0.1) is 0 Å². The average Bonchev–Trinajstić information content (AvgIpc) is 2.29. The lowest BCUT2D eigenvalue weighted by atomic mass is 9.86. The van der Waals surface area contributed by atoms with E-state index in [0.717, 1.165) is 12.6 Å². The van der Waals surface area contributed by atoms with Crippen LogP contribution < -0.4 is 5.32 Å². The topological polar surface area (TPSA) is 18.5 Å². The highest BCUT2D eigenvalue weighted by atomic mass is 15.3. The first kappa shape index (κ1) is 15.9. The Balaban J connectivity index is 2.54. The van der Waals surface area contributed by atoms with Crippen LogP contribution in [0.25, 0.3) is 0 Å². The number of hydrogen-bond acceptors (Lipinski definition) is 3.